The molecule has 2 heteroatoms. The van der Waals surface area contributed by atoms with Gasteiger partial charge in [0, 0.05) is 3.92 Å². The number of halogens is 2. The highest BCUT2D eigenvalue weighted by atomic mass is 127. The van der Waals surface area contributed by atoms with Crippen LogP contribution in [0.25, 0.3) is 0 Å². The van der Waals surface area contributed by atoms with Gasteiger partial charge in [-0.15, -0.1) is 0 Å². The molecule has 0 heterocycles. The molecule has 0 aromatic carbocycles. The van der Waals surface area contributed by atoms with E-state index in [4.69, 9.17) is 0 Å². The van der Waals surface area contributed by atoms with Gasteiger partial charge in [-0.05, 0) is 12.8 Å². The van der Waals surface area contributed by atoms with Crippen molar-refractivity contribution in [3.05, 3.63) is 0 Å². The van der Waals surface area contributed by atoms with Crippen molar-refractivity contribution in [3.8, 4) is 0 Å². The maximum Gasteiger partial charge on any atom is 0.112 e. The Kier molecular flexibility index (Phi) is 3.96. The summed E-state index contributed by atoms with van der Waals surface area (Å²) < 4.78 is 13.3. The van der Waals surface area contributed by atoms with Crippen LogP contribution in [0.4, 0.5) is 4.39 Å². The zero-order valence-corrected chi connectivity index (χ0v) is 8.31. The standard InChI is InChI=1S/C8H14FI/c9-7-5-3-1-2-4-6-8(7)10/h7-8H,1-6H2. The molecule has 0 aromatic rings. The summed E-state index contributed by atoms with van der Waals surface area (Å²) in [7, 11) is 0. The molecule has 2 atom stereocenters. The van der Waals surface area contributed by atoms with Crippen LogP contribution < -0.4 is 0 Å². The molecule has 2 unspecified atom stereocenters. The van der Waals surface area contributed by atoms with Crippen molar-refractivity contribution >= 4 is 22.6 Å². The quantitative estimate of drug-likeness (QED) is 0.459. The molecule has 0 N–H and O–H groups in total. The highest BCUT2D eigenvalue weighted by Gasteiger charge is 2.18. The lowest BCUT2D eigenvalue weighted by molar-refractivity contribution is 0.282. The molecular weight excluding hydrogens is 242 g/mol. The van der Waals surface area contributed by atoms with Crippen molar-refractivity contribution in [3.63, 3.8) is 0 Å². The maximum absolute atomic E-state index is 13.0. The van der Waals surface area contributed by atoms with Crippen molar-refractivity contribution in [1.29, 1.82) is 0 Å². The summed E-state index contributed by atoms with van der Waals surface area (Å²) in [5.74, 6) is 0. The van der Waals surface area contributed by atoms with Crippen LogP contribution >= 0.6 is 22.6 Å². The van der Waals surface area contributed by atoms with Gasteiger partial charge < -0.3 is 0 Å². The van der Waals surface area contributed by atoms with E-state index in [1.807, 2.05) is 0 Å². The van der Waals surface area contributed by atoms with Crippen LogP contribution in [0.3, 0.4) is 0 Å². The monoisotopic (exact) mass is 256 g/mol. The van der Waals surface area contributed by atoms with E-state index in [-0.39, 0.29) is 3.92 Å². The molecule has 0 saturated heterocycles. The summed E-state index contributed by atoms with van der Waals surface area (Å²) in [6.45, 7) is 0. The number of hydrogen-bond donors (Lipinski definition) is 0. The summed E-state index contributed by atoms with van der Waals surface area (Å²) in [5, 5.41) is 0. The van der Waals surface area contributed by atoms with Crippen molar-refractivity contribution in [2.75, 3.05) is 0 Å². The zero-order valence-electron chi connectivity index (χ0n) is 6.15. The minimum atomic E-state index is -0.527. The van der Waals surface area contributed by atoms with Crippen molar-refractivity contribution in [2.24, 2.45) is 0 Å². The molecule has 1 saturated carbocycles. The van der Waals surface area contributed by atoms with Gasteiger partial charge in [0.05, 0.1) is 0 Å². The van der Waals surface area contributed by atoms with Crippen LogP contribution in [0, 0.1) is 0 Å². The fourth-order valence-corrected chi connectivity index (χ4v) is 2.19. The van der Waals surface area contributed by atoms with Crippen molar-refractivity contribution < 1.29 is 4.39 Å². The van der Waals surface area contributed by atoms with Gasteiger partial charge >= 0.3 is 0 Å². The summed E-state index contributed by atoms with van der Waals surface area (Å²) in [6.07, 6.45) is 6.24. The third-order valence-electron chi connectivity index (χ3n) is 2.10. The van der Waals surface area contributed by atoms with Crippen molar-refractivity contribution in [2.45, 2.75) is 48.6 Å². The molecule has 10 heavy (non-hydrogen) atoms. The van der Waals surface area contributed by atoms with Crippen molar-refractivity contribution in [1.82, 2.24) is 0 Å². The van der Waals surface area contributed by atoms with Crippen LogP contribution in [0.2, 0.25) is 0 Å². The Balaban J connectivity index is 2.28. The second-order valence-electron chi connectivity index (χ2n) is 3.02. The van der Waals surface area contributed by atoms with E-state index in [0.29, 0.717) is 0 Å². The van der Waals surface area contributed by atoms with E-state index < -0.39 is 6.17 Å². The Labute approximate surface area is 75.7 Å². The summed E-state index contributed by atoms with van der Waals surface area (Å²) >= 11 is 2.25. The Morgan fingerprint density at radius 1 is 1.00 bits per heavy atom. The van der Waals surface area contributed by atoms with Gasteiger partial charge in [-0.2, -0.15) is 0 Å². The minimum Gasteiger partial charge on any atom is -0.246 e. The molecule has 0 aromatic heterocycles. The van der Waals surface area contributed by atoms with Gasteiger partial charge in [0.2, 0.25) is 0 Å². The van der Waals surface area contributed by atoms with Crippen LogP contribution in [0.1, 0.15) is 38.5 Å². The zero-order chi connectivity index (χ0) is 7.40. The molecule has 0 nitrogen and oxygen atoms in total. The molecule has 1 rings (SSSR count). The van der Waals surface area contributed by atoms with Crippen LogP contribution in [0.15, 0.2) is 0 Å². The highest BCUT2D eigenvalue weighted by molar-refractivity contribution is 14.1. The van der Waals surface area contributed by atoms with Gasteiger partial charge in [0.1, 0.15) is 6.17 Å². The van der Waals surface area contributed by atoms with Gasteiger partial charge in [-0.3, -0.25) is 0 Å². The van der Waals surface area contributed by atoms with E-state index >= 15 is 0 Å². The molecule has 60 valence electrons. The molecule has 1 aliphatic rings. The average Bonchev–Trinajstić information content (AvgIpc) is 1.92. The fourth-order valence-electron chi connectivity index (χ4n) is 1.39. The van der Waals surface area contributed by atoms with E-state index in [1.54, 1.807) is 0 Å². The van der Waals surface area contributed by atoms with Gasteiger partial charge in [0.25, 0.3) is 0 Å². The first-order chi connectivity index (χ1) is 4.80. The van der Waals surface area contributed by atoms with E-state index in [2.05, 4.69) is 22.6 Å². The fraction of sp³-hybridized carbons (Fsp3) is 1.00. The molecule has 0 bridgehead atoms. The molecule has 1 aliphatic carbocycles. The third-order valence-corrected chi connectivity index (χ3v) is 3.51. The molecule has 0 spiro atoms. The Morgan fingerprint density at radius 3 is 2.30 bits per heavy atom. The molecule has 0 radical (unpaired) electrons. The molecule has 0 aliphatic heterocycles. The first-order valence-electron chi connectivity index (χ1n) is 4.09. The molecule has 1 fully saturated rings. The second-order valence-corrected chi connectivity index (χ2v) is 4.62. The van der Waals surface area contributed by atoms with E-state index in [9.17, 15) is 4.39 Å². The normalized spacial score (nSPS) is 36.6. The lowest BCUT2D eigenvalue weighted by Crippen LogP contribution is -2.16. The highest BCUT2D eigenvalue weighted by Crippen LogP contribution is 2.25. The summed E-state index contributed by atoms with van der Waals surface area (Å²) in [5.41, 5.74) is 0. The van der Waals surface area contributed by atoms with Crippen LogP contribution in [0.5, 0.6) is 0 Å². The first kappa shape index (κ1) is 8.75. The predicted octanol–water partition coefficient (Wildman–Crippen LogP) is 3.48. The molecular formula is C8H14FI. The van der Waals surface area contributed by atoms with Crippen LogP contribution in [-0.2, 0) is 0 Å². The van der Waals surface area contributed by atoms with E-state index in [1.165, 1.54) is 19.3 Å². The topological polar surface area (TPSA) is 0 Å². The van der Waals surface area contributed by atoms with Gasteiger partial charge in [-0.1, -0.05) is 48.3 Å². The minimum absolute atomic E-state index is 0.290. The SMILES string of the molecule is FC1CCCCCCC1I. The number of alkyl halides is 2. The third kappa shape index (κ3) is 2.72. The second kappa shape index (κ2) is 4.52. The average molecular weight is 256 g/mol. The van der Waals surface area contributed by atoms with Gasteiger partial charge in [0.15, 0.2) is 0 Å². The smallest absolute Gasteiger partial charge is 0.112 e. The Bertz CT molecular complexity index is 83.3. The summed E-state index contributed by atoms with van der Waals surface area (Å²) in [6, 6.07) is 0. The first-order valence-corrected chi connectivity index (χ1v) is 5.33. The lowest BCUT2D eigenvalue weighted by Gasteiger charge is -2.17. The van der Waals surface area contributed by atoms with E-state index in [0.717, 1.165) is 19.3 Å². The van der Waals surface area contributed by atoms with Crippen LogP contribution in [-0.4, -0.2) is 10.1 Å². The number of hydrogen-bond acceptors (Lipinski definition) is 0. The summed E-state index contributed by atoms with van der Waals surface area (Å²) in [4.78, 5) is 0. The Morgan fingerprint density at radius 2 is 1.60 bits per heavy atom. The molecule has 0 amide bonds. The largest absolute Gasteiger partial charge is 0.246 e. The maximum atomic E-state index is 13.0. The number of rotatable bonds is 0. The Hall–Kier alpha value is 0.660. The van der Waals surface area contributed by atoms with Gasteiger partial charge in [-0.25, -0.2) is 4.39 Å². The lowest BCUT2D eigenvalue weighted by atomic mass is 10.00. The predicted molar refractivity (Wildman–Crippen MR) is 50.4 cm³/mol.